The van der Waals surface area contributed by atoms with E-state index in [4.69, 9.17) is 14.6 Å². The molecule has 1 aliphatic heterocycles. The second kappa shape index (κ2) is 9.30. The second-order valence-electron chi connectivity index (χ2n) is 6.66. The Bertz CT molecular complexity index is 1050. The van der Waals surface area contributed by atoms with Crippen molar-refractivity contribution in [2.75, 3.05) is 17.0 Å². The first-order valence-corrected chi connectivity index (χ1v) is 9.24. The molecule has 1 aromatic heterocycles. The molecular weight excluding hydrogens is 457 g/mol. The van der Waals surface area contributed by atoms with Crippen LogP contribution in [-0.4, -0.2) is 47.0 Å². The third-order valence-electron chi connectivity index (χ3n) is 4.40. The fraction of sp³-hybridized carbons (Fsp3) is 0.250. The van der Waals surface area contributed by atoms with Crippen molar-refractivity contribution in [1.82, 2.24) is 4.98 Å². The number of aromatic nitrogens is 1. The van der Waals surface area contributed by atoms with Crippen LogP contribution in [0.3, 0.4) is 0 Å². The molecule has 1 aromatic carbocycles. The van der Waals surface area contributed by atoms with Gasteiger partial charge in [-0.2, -0.15) is 22.0 Å². The van der Waals surface area contributed by atoms with Gasteiger partial charge in [0.1, 0.15) is 12.1 Å². The molecule has 1 aliphatic rings. The summed E-state index contributed by atoms with van der Waals surface area (Å²) in [6.45, 7) is -0.208. The van der Waals surface area contributed by atoms with Crippen LogP contribution < -0.4 is 10.2 Å². The number of carbonyl (C=O) groups is 2. The molecule has 0 saturated carbocycles. The molecule has 0 spiro atoms. The zero-order valence-electron chi connectivity index (χ0n) is 16.6. The van der Waals surface area contributed by atoms with Crippen molar-refractivity contribution in [3.8, 4) is 0 Å². The number of hydrogen-bond acceptors (Lipinski definition) is 6. The Kier molecular flexibility index (Phi) is 6.70. The van der Waals surface area contributed by atoms with Crippen LogP contribution in [0.4, 0.5) is 33.5 Å². The topological polar surface area (TPSA) is 101 Å². The Morgan fingerprint density at radius 1 is 1.12 bits per heavy atom. The lowest BCUT2D eigenvalue weighted by Gasteiger charge is -2.33. The molecule has 0 bridgehead atoms. The molecule has 2 heterocycles. The Labute approximate surface area is 183 Å². The lowest BCUT2D eigenvalue weighted by molar-refractivity contribution is -0.277. The molecule has 0 fully saturated rings. The van der Waals surface area contributed by atoms with Gasteiger partial charge in [-0.25, -0.2) is 9.88 Å². The molecule has 8 nitrogen and oxygen atoms in total. The van der Waals surface area contributed by atoms with E-state index in [1.807, 2.05) is 0 Å². The second-order valence-corrected chi connectivity index (χ2v) is 6.66. The van der Waals surface area contributed by atoms with E-state index in [0.29, 0.717) is 0 Å². The Balaban J connectivity index is 2.04. The number of nitrogens with one attached hydrogen (secondary N) is 1. The zero-order valence-corrected chi connectivity index (χ0v) is 16.6. The third-order valence-corrected chi connectivity index (χ3v) is 4.40. The summed E-state index contributed by atoms with van der Waals surface area (Å²) >= 11 is 0. The van der Waals surface area contributed by atoms with E-state index in [1.165, 1.54) is 18.2 Å². The van der Waals surface area contributed by atoms with Gasteiger partial charge in [0.25, 0.3) is 5.91 Å². The predicted octanol–water partition coefficient (Wildman–Crippen LogP) is 3.98. The molecule has 2 aromatic rings. The number of nitrogens with zero attached hydrogens (tertiary/aromatic N) is 2. The van der Waals surface area contributed by atoms with Crippen molar-refractivity contribution < 1.29 is 46.1 Å². The highest BCUT2D eigenvalue weighted by Crippen LogP contribution is 2.42. The smallest absolute Gasteiger partial charge is 0.475 e. The van der Waals surface area contributed by atoms with E-state index >= 15 is 0 Å². The maximum Gasteiger partial charge on any atom is 0.475 e. The van der Waals surface area contributed by atoms with Crippen molar-refractivity contribution in [2.45, 2.75) is 24.7 Å². The van der Waals surface area contributed by atoms with Crippen LogP contribution in [0.2, 0.25) is 0 Å². The van der Waals surface area contributed by atoms with Gasteiger partial charge in [0, 0.05) is 6.20 Å². The van der Waals surface area contributed by atoms with Crippen LogP contribution in [0.5, 0.6) is 0 Å². The first kappa shape index (κ1) is 23.8. The van der Waals surface area contributed by atoms with Gasteiger partial charge in [-0.15, -0.1) is 0 Å². The summed E-state index contributed by atoms with van der Waals surface area (Å²) in [7, 11) is 0. The molecule has 0 saturated heterocycles. The average molecular weight is 473 g/mol. The minimum Gasteiger partial charge on any atom is -0.481 e. The van der Waals surface area contributed by atoms with E-state index in [1.54, 1.807) is 0 Å². The molecule has 13 heteroatoms. The Morgan fingerprint density at radius 3 is 2.39 bits per heavy atom. The number of halogens is 5. The van der Waals surface area contributed by atoms with E-state index < -0.39 is 58.5 Å². The molecule has 0 aliphatic carbocycles. The fourth-order valence-electron chi connectivity index (χ4n) is 2.92. The quantitative estimate of drug-likeness (QED) is 0.442. The number of carboxylic acids is 1. The first-order chi connectivity index (χ1) is 15.5. The summed E-state index contributed by atoms with van der Waals surface area (Å²) in [6.07, 6.45) is -4.42. The maximum atomic E-state index is 14.4. The summed E-state index contributed by atoms with van der Waals surface area (Å²) in [5, 5.41) is 11.7. The summed E-state index contributed by atoms with van der Waals surface area (Å²) in [4.78, 5) is 27.4. The van der Waals surface area contributed by atoms with Crippen LogP contribution in [0.25, 0.3) is 0 Å². The summed E-state index contributed by atoms with van der Waals surface area (Å²) < 4.78 is 78.6. The summed E-state index contributed by atoms with van der Waals surface area (Å²) in [5.74, 6) is -3.42. The average Bonchev–Trinajstić information content (AvgIpc) is 3.28. The van der Waals surface area contributed by atoms with Crippen molar-refractivity contribution >= 4 is 23.4 Å². The lowest BCUT2D eigenvalue weighted by atomic mass is 10.1. The number of anilines is 2. The minimum atomic E-state index is -6.08. The number of benzene rings is 1. The van der Waals surface area contributed by atoms with Crippen molar-refractivity contribution in [3.05, 3.63) is 66.2 Å². The van der Waals surface area contributed by atoms with Gasteiger partial charge in [0.2, 0.25) is 6.79 Å². The molecule has 0 radical (unpaired) electrons. The number of hydrogen-bond donors (Lipinski definition) is 2. The van der Waals surface area contributed by atoms with E-state index in [9.17, 15) is 31.5 Å². The summed E-state index contributed by atoms with van der Waals surface area (Å²) in [5.41, 5.74) is -1.36. The number of aliphatic carboxylic acids is 1. The van der Waals surface area contributed by atoms with E-state index in [2.05, 4.69) is 10.3 Å². The van der Waals surface area contributed by atoms with Crippen molar-refractivity contribution in [3.63, 3.8) is 0 Å². The fourth-order valence-corrected chi connectivity index (χ4v) is 2.92. The summed E-state index contributed by atoms with van der Waals surface area (Å²) in [6, 6.07) is 1.03. The van der Waals surface area contributed by atoms with Gasteiger partial charge >= 0.3 is 18.2 Å². The number of pyridine rings is 1. The third kappa shape index (κ3) is 5.13. The minimum absolute atomic E-state index is 0.0157. The molecule has 1 atom stereocenters. The standard InChI is InChI=1S/C20H16F5N3O5/c21-19(22,23)20(24,25)28(12-5-2-1-3-6-12)18(31)13-7-4-8-26-17(13)27-14(9-16(29)30)15-10-32-11-33-15/h1-8,10,14H,9,11H2,(H,26,27)(H,29,30). The molecular formula is C20H16F5N3O5. The van der Waals surface area contributed by atoms with Crippen LogP contribution in [0.15, 0.2) is 60.7 Å². The molecule has 176 valence electrons. The van der Waals surface area contributed by atoms with Crippen molar-refractivity contribution in [2.24, 2.45) is 0 Å². The highest BCUT2D eigenvalue weighted by molar-refractivity contribution is 6.09. The first-order valence-electron chi connectivity index (χ1n) is 9.24. The number of ether oxygens (including phenoxy) is 2. The number of amides is 1. The molecule has 33 heavy (non-hydrogen) atoms. The van der Waals surface area contributed by atoms with E-state index in [-0.39, 0.29) is 12.6 Å². The molecule has 2 N–H and O–H groups in total. The number of carboxylic acid groups (broad SMARTS) is 1. The molecule has 3 rings (SSSR count). The largest absolute Gasteiger partial charge is 0.481 e. The van der Waals surface area contributed by atoms with E-state index in [0.717, 1.165) is 36.7 Å². The van der Waals surface area contributed by atoms with Crippen LogP contribution in [-0.2, 0) is 14.3 Å². The highest BCUT2D eigenvalue weighted by Gasteiger charge is 2.64. The molecule has 1 amide bonds. The number of rotatable bonds is 8. The van der Waals surface area contributed by atoms with Crippen LogP contribution in [0, 0.1) is 0 Å². The van der Waals surface area contributed by atoms with Gasteiger partial charge in [-0.05, 0) is 24.3 Å². The van der Waals surface area contributed by atoms with Gasteiger partial charge < -0.3 is 19.9 Å². The highest BCUT2D eigenvalue weighted by atomic mass is 19.4. The van der Waals surface area contributed by atoms with Crippen molar-refractivity contribution in [1.29, 1.82) is 0 Å². The monoisotopic (exact) mass is 473 g/mol. The normalized spacial score (nSPS) is 14.5. The zero-order chi connectivity index (χ0) is 24.2. The number of para-hydroxylation sites is 1. The predicted molar refractivity (Wildman–Crippen MR) is 103 cm³/mol. The van der Waals surface area contributed by atoms with Gasteiger partial charge in [0.15, 0.2) is 5.76 Å². The SMILES string of the molecule is O=C(O)CC(Nc1ncccc1C(=O)N(c1ccccc1)C(F)(F)C(F)(F)F)C1=COCO1. The van der Waals surface area contributed by atoms with Crippen LogP contribution >= 0.6 is 0 Å². The Morgan fingerprint density at radius 2 is 1.82 bits per heavy atom. The lowest BCUT2D eigenvalue weighted by Crippen LogP contribution is -2.55. The van der Waals surface area contributed by atoms with Crippen LogP contribution in [0.1, 0.15) is 16.8 Å². The molecule has 1 unspecified atom stereocenters. The van der Waals surface area contributed by atoms with Gasteiger partial charge in [-0.3, -0.25) is 9.59 Å². The number of alkyl halides is 5. The maximum absolute atomic E-state index is 14.4. The Hall–Kier alpha value is -3.90. The van der Waals surface area contributed by atoms with Gasteiger partial charge in [-0.1, -0.05) is 18.2 Å². The number of carbonyl (C=O) groups excluding carboxylic acids is 1. The van der Waals surface area contributed by atoms with Gasteiger partial charge in [0.05, 0.1) is 23.7 Å².